The van der Waals surface area contributed by atoms with Gasteiger partial charge in [0.15, 0.2) is 9.84 Å². The van der Waals surface area contributed by atoms with Crippen molar-refractivity contribution in [3.8, 4) is 0 Å². The maximum Gasteiger partial charge on any atom is 0.306 e. The summed E-state index contributed by atoms with van der Waals surface area (Å²) in [5, 5.41) is 1.10. The SMILES string of the molecule is COC(=O)C[C@H](C)/C=C/S(C)(=O)=O. The normalized spacial score (nSPS) is 14.4. The van der Waals surface area contributed by atoms with Crippen LogP contribution in [-0.4, -0.2) is 27.8 Å². The summed E-state index contributed by atoms with van der Waals surface area (Å²) in [6.45, 7) is 1.75. The van der Waals surface area contributed by atoms with Crippen molar-refractivity contribution in [1.29, 1.82) is 0 Å². The number of hydrogen-bond acceptors (Lipinski definition) is 4. The minimum Gasteiger partial charge on any atom is -0.469 e. The third-order valence-corrected chi connectivity index (χ3v) is 2.02. The summed E-state index contributed by atoms with van der Waals surface area (Å²) < 4.78 is 25.8. The number of carbonyl (C=O) groups excluding carboxylic acids is 1. The molecule has 1 atom stereocenters. The molecule has 4 nitrogen and oxygen atoms in total. The first kappa shape index (κ1) is 12.2. The number of ether oxygens (including phenoxy) is 1. The summed E-state index contributed by atoms with van der Waals surface area (Å²) in [6, 6.07) is 0. The topological polar surface area (TPSA) is 60.4 Å². The number of methoxy groups -OCH3 is 1. The fourth-order valence-electron chi connectivity index (χ4n) is 0.691. The highest BCUT2D eigenvalue weighted by Crippen LogP contribution is 2.05. The Bertz CT molecular complexity index is 289. The molecule has 0 radical (unpaired) electrons. The molecule has 0 amide bonds. The van der Waals surface area contributed by atoms with Crippen LogP contribution >= 0.6 is 0 Å². The van der Waals surface area contributed by atoms with E-state index in [-0.39, 0.29) is 18.3 Å². The zero-order valence-electron chi connectivity index (χ0n) is 7.98. The maximum absolute atomic E-state index is 10.7. The van der Waals surface area contributed by atoms with Gasteiger partial charge in [-0.25, -0.2) is 8.42 Å². The Hall–Kier alpha value is -0.840. The minimum absolute atomic E-state index is 0.123. The number of hydrogen-bond donors (Lipinski definition) is 0. The van der Waals surface area contributed by atoms with Crippen LogP contribution in [0.5, 0.6) is 0 Å². The highest BCUT2D eigenvalue weighted by atomic mass is 32.2. The van der Waals surface area contributed by atoms with Crippen LogP contribution in [0.4, 0.5) is 0 Å². The molecule has 76 valence electrons. The van der Waals surface area contributed by atoms with E-state index >= 15 is 0 Å². The van der Waals surface area contributed by atoms with Gasteiger partial charge in [0.2, 0.25) is 0 Å². The lowest BCUT2D eigenvalue weighted by atomic mass is 10.1. The molecule has 0 aliphatic carbocycles. The van der Waals surface area contributed by atoms with Crippen molar-refractivity contribution < 1.29 is 17.9 Å². The average molecular weight is 206 g/mol. The smallest absolute Gasteiger partial charge is 0.306 e. The molecule has 0 fully saturated rings. The highest BCUT2D eigenvalue weighted by Gasteiger charge is 2.06. The maximum atomic E-state index is 10.7. The summed E-state index contributed by atoms with van der Waals surface area (Å²) in [5.74, 6) is -0.465. The van der Waals surface area contributed by atoms with Crippen molar-refractivity contribution in [3.63, 3.8) is 0 Å². The van der Waals surface area contributed by atoms with Gasteiger partial charge in [-0.1, -0.05) is 13.0 Å². The molecule has 0 rings (SSSR count). The van der Waals surface area contributed by atoms with E-state index in [1.165, 1.54) is 13.2 Å². The van der Waals surface area contributed by atoms with Crippen molar-refractivity contribution >= 4 is 15.8 Å². The molecule has 0 aromatic heterocycles. The lowest BCUT2D eigenvalue weighted by molar-refractivity contribution is -0.141. The standard InChI is InChI=1S/C8H14O4S/c1-7(6-8(9)12-2)4-5-13(3,10)11/h4-5,7H,6H2,1-3H3/b5-4+/t7-/m1/s1. The zero-order chi connectivity index (χ0) is 10.5. The molecule has 5 heteroatoms. The summed E-state index contributed by atoms with van der Waals surface area (Å²) in [6.07, 6.45) is 2.78. The van der Waals surface area contributed by atoms with Crippen LogP contribution in [0.2, 0.25) is 0 Å². The van der Waals surface area contributed by atoms with E-state index in [2.05, 4.69) is 4.74 Å². The fraction of sp³-hybridized carbons (Fsp3) is 0.625. The Balaban J connectivity index is 4.09. The van der Waals surface area contributed by atoms with Gasteiger partial charge in [-0.2, -0.15) is 0 Å². The fourth-order valence-corrected chi connectivity index (χ4v) is 1.24. The molecular weight excluding hydrogens is 192 g/mol. The molecule has 0 saturated carbocycles. The predicted molar refractivity (Wildman–Crippen MR) is 49.8 cm³/mol. The van der Waals surface area contributed by atoms with Gasteiger partial charge in [0.05, 0.1) is 13.5 Å². The molecule has 0 N–H and O–H groups in total. The van der Waals surface area contributed by atoms with E-state index in [0.29, 0.717) is 0 Å². The van der Waals surface area contributed by atoms with Gasteiger partial charge < -0.3 is 4.74 Å². The molecule has 0 aliphatic heterocycles. The summed E-state index contributed by atoms with van der Waals surface area (Å²) in [5.41, 5.74) is 0. The first-order valence-electron chi connectivity index (χ1n) is 3.80. The first-order valence-corrected chi connectivity index (χ1v) is 5.75. The van der Waals surface area contributed by atoms with Gasteiger partial charge in [-0.15, -0.1) is 0 Å². The number of carbonyl (C=O) groups is 1. The molecule has 13 heavy (non-hydrogen) atoms. The van der Waals surface area contributed by atoms with Gasteiger partial charge >= 0.3 is 5.97 Å². The number of esters is 1. The third-order valence-electron chi connectivity index (χ3n) is 1.37. The second-order valence-electron chi connectivity index (χ2n) is 2.92. The summed E-state index contributed by atoms with van der Waals surface area (Å²) in [4.78, 5) is 10.7. The number of allylic oxidation sites excluding steroid dienone is 1. The minimum atomic E-state index is -3.09. The van der Waals surface area contributed by atoms with Crippen LogP contribution in [0.15, 0.2) is 11.5 Å². The van der Waals surface area contributed by atoms with Crippen LogP contribution in [0.3, 0.4) is 0 Å². The average Bonchev–Trinajstić information content (AvgIpc) is 1.99. The van der Waals surface area contributed by atoms with E-state index in [9.17, 15) is 13.2 Å². The lowest BCUT2D eigenvalue weighted by Crippen LogP contribution is -2.05. The van der Waals surface area contributed by atoms with Crippen LogP contribution in [0.1, 0.15) is 13.3 Å². The van der Waals surface area contributed by atoms with Gasteiger partial charge in [-0.3, -0.25) is 4.79 Å². The van der Waals surface area contributed by atoms with Gasteiger partial charge in [0.25, 0.3) is 0 Å². The third kappa shape index (κ3) is 7.52. The van der Waals surface area contributed by atoms with Gasteiger partial charge in [-0.05, 0) is 5.92 Å². The molecule has 0 spiro atoms. The van der Waals surface area contributed by atoms with Crippen molar-refractivity contribution in [2.75, 3.05) is 13.4 Å². The molecule has 0 bridgehead atoms. The molecule has 0 heterocycles. The summed E-state index contributed by atoms with van der Waals surface area (Å²) in [7, 11) is -1.79. The van der Waals surface area contributed by atoms with E-state index in [0.717, 1.165) is 11.7 Å². The quantitative estimate of drug-likeness (QED) is 0.637. The molecule has 0 aromatic rings. The van der Waals surface area contributed by atoms with E-state index < -0.39 is 9.84 Å². The first-order chi connectivity index (χ1) is 5.85. The van der Waals surface area contributed by atoms with Gasteiger partial charge in [0, 0.05) is 11.7 Å². The molecule has 0 unspecified atom stereocenters. The lowest BCUT2D eigenvalue weighted by Gasteiger charge is -2.02. The Morgan fingerprint density at radius 1 is 1.54 bits per heavy atom. The molecule has 0 saturated heterocycles. The largest absolute Gasteiger partial charge is 0.469 e. The second kappa shape index (κ2) is 5.01. The van der Waals surface area contributed by atoms with Crippen LogP contribution in [0.25, 0.3) is 0 Å². The van der Waals surface area contributed by atoms with Crippen LogP contribution in [0, 0.1) is 5.92 Å². The molecule has 0 aliphatic rings. The molecular formula is C8H14O4S. The Kier molecular flexibility index (Phi) is 4.69. The van der Waals surface area contributed by atoms with Crippen LogP contribution < -0.4 is 0 Å². The van der Waals surface area contributed by atoms with Crippen molar-refractivity contribution in [2.45, 2.75) is 13.3 Å². The number of sulfone groups is 1. The highest BCUT2D eigenvalue weighted by molar-refractivity contribution is 7.93. The second-order valence-corrected chi connectivity index (χ2v) is 4.85. The van der Waals surface area contributed by atoms with E-state index in [1.807, 2.05) is 0 Å². The van der Waals surface area contributed by atoms with E-state index in [1.54, 1.807) is 6.92 Å². The summed E-state index contributed by atoms with van der Waals surface area (Å²) >= 11 is 0. The zero-order valence-corrected chi connectivity index (χ0v) is 8.80. The Morgan fingerprint density at radius 3 is 2.46 bits per heavy atom. The predicted octanol–water partition coefficient (Wildman–Crippen LogP) is 0.744. The van der Waals surface area contributed by atoms with Crippen molar-refractivity contribution in [1.82, 2.24) is 0 Å². The van der Waals surface area contributed by atoms with Crippen molar-refractivity contribution in [2.24, 2.45) is 5.92 Å². The molecule has 0 aromatic carbocycles. The van der Waals surface area contributed by atoms with Gasteiger partial charge in [0.1, 0.15) is 0 Å². The Labute approximate surface area is 78.5 Å². The van der Waals surface area contributed by atoms with Crippen molar-refractivity contribution in [3.05, 3.63) is 11.5 Å². The Morgan fingerprint density at radius 2 is 2.08 bits per heavy atom. The number of rotatable bonds is 4. The van der Waals surface area contributed by atoms with E-state index in [4.69, 9.17) is 0 Å². The monoisotopic (exact) mass is 206 g/mol. The van der Waals surface area contributed by atoms with Crippen LogP contribution in [-0.2, 0) is 19.4 Å².